The Labute approximate surface area is 107 Å². The normalized spacial score (nSPS) is 19.0. The van der Waals surface area contributed by atoms with Gasteiger partial charge in [-0.3, -0.25) is 0 Å². The Morgan fingerprint density at radius 3 is 2.39 bits per heavy atom. The molecule has 18 heavy (non-hydrogen) atoms. The van der Waals surface area contributed by atoms with Crippen molar-refractivity contribution in [1.29, 1.82) is 0 Å². The molecule has 1 aromatic carbocycles. The molecule has 100 valence electrons. The molecule has 0 fully saturated rings. The maximum atomic E-state index is 14.0. The first kappa shape index (κ1) is 13.3. The van der Waals surface area contributed by atoms with Crippen LogP contribution in [-0.4, -0.2) is 6.10 Å². The standard InChI is InChI=1S/C15H20F2O/c1-8(2)11-7-10-5-6-12(9(3)4)18-15(10)14(17)13(11)16/h7-9,12H,5-6H2,1-4H3. The maximum Gasteiger partial charge on any atom is 0.201 e. The highest BCUT2D eigenvalue weighted by Gasteiger charge is 2.28. The summed E-state index contributed by atoms with van der Waals surface area (Å²) >= 11 is 0. The van der Waals surface area contributed by atoms with Gasteiger partial charge >= 0.3 is 0 Å². The molecule has 1 unspecified atom stereocenters. The van der Waals surface area contributed by atoms with Gasteiger partial charge in [-0.05, 0) is 41.9 Å². The van der Waals surface area contributed by atoms with E-state index in [1.165, 1.54) is 0 Å². The average molecular weight is 254 g/mol. The molecule has 2 rings (SSSR count). The van der Waals surface area contributed by atoms with E-state index in [9.17, 15) is 8.78 Å². The van der Waals surface area contributed by atoms with E-state index in [1.54, 1.807) is 6.07 Å². The van der Waals surface area contributed by atoms with Crippen molar-refractivity contribution in [3.8, 4) is 5.75 Å². The molecule has 1 nitrogen and oxygen atoms in total. The van der Waals surface area contributed by atoms with Crippen molar-refractivity contribution in [2.24, 2.45) is 5.92 Å². The highest BCUT2D eigenvalue weighted by Crippen LogP contribution is 2.37. The SMILES string of the molecule is CC(C)c1cc2c(c(F)c1F)OC(C(C)C)CC2. The molecule has 0 spiro atoms. The molecule has 1 aromatic rings. The molecule has 0 radical (unpaired) electrons. The summed E-state index contributed by atoms with van der Waals surface area (Å²) in [5, 5.41) is 0. The summed E-state index contributed by atoms with van der Waals surface area (Å²) in [6.07, 6.45) is 1.61. The van der Waals surface area contributed by atoms with Crippen molar-refractivity contribution in [2.75, 3.05) is 0 Å². The third-order valence-electron chi connectivity index (χ3n) is 3.60. The van der Waals surface area contributed by atoms with Crippen LogP contribution in [0.5, 0.6) is 5.75 Å². The Hall–Kier alpha value is -1.12. The van der Waals surface area contributed by atoms with Crippen LogP contribution in [0.25, 0.3) is 0 Å². The number of hydrogen-bond donors (Lipinski definition) is 0. The molecule has 0 amide bonds. The van der Waals surface area contributed by atoms with Gasteiger partial charge in [-0.25, -0.2) is 4.39 Å². The number of halogens is 2. The zero-order valence-corrected chi connectivity index (χ0v) is 11.4. The van der Waals surface area contributed by atoms with Gasteiger partial charge in [-0.2, -0.15) is 4.39 Å². The summed E-state index contributed by atoms with van der Waals surface area (Å²) in [4.78, 5) is 0. The molecule has 1 heterocycles. The van der Waals surface area contributed by atoms with Gasteiger partial charge in [-0.1, -0.05) is 27.7 Å². The maximum absolute atomic E-state index is 14.0. The van der Waals surface area contributed by atoms with Gasteiger partial charge in [0.25, 0.3) is 0 Å². The van der Waals surface area contributed by atoms with Crippen LogP contribution in [-0.2, 0) is 6.42 Å². The van der Waals surface area contributed by atoms with Gasteiger partial charge < -0.3 is 4.74 Å². The van der Waals surface area contributed by atoms with E-state index < -0.39 is 11.6 Å². The molecule has 1 aliphatic heterocycles. The van der Waals surface area contributed by atoms with Crippen LogP contribution < -0.4 is 4.74 Å². The van der Waals surface area contributed by atoms with E-state index in [-0.39, 0.29) is 17.8 Å². The van der Waals surface area contributed by atoms with E-state index in [0.717, 1.165) is 18.4 Å². The monoisotopic (exact) mass is 254 g/mol. The Kier molecular flexibility index (Phi) is 3.60. The minimum Gasteiger partial charge on any atom is -0.487 e. The number of benzene rings is 1. The second-order valence-corrected chi connectivity index (χ2v) is 5.68. The molecule has 3 heteroatoms. The van der Waals surface area contributed by atoms with Crippen LogP contribution in [0.4, 0.5) is 8.78 Å². The van der Waals surface area contributed by atoms with Gasteiger partial charge in [0.1, 0.15) is 6.10 Å². The Balaban J connectivity index is 2.44. The molecule has 0 N–H and O–H groups in total. The highest BCUT2D eigenvalue weighted by atomic mass is 19.2. The van der Waals surface area contributed by atoms with Crippen molar-refractivity contribution >= 4 is 0 Å². The lowest BCUT2D eigenvalue weighted by Crippen LogP contribution is -2.28. The lowest BCUT2D eigenvalue weighted by Gasteiger charge is -2.30. The van der Waals surface area contributed by atoms with Crippen molar-refractivity contribution < 1.29 is 13.5 Å². The lowest BCUT2D eigenvalue weighted by molar-refractivity contribution is 0.119. The number of rotatable bonds is 2. The van der Waals surface area contributed by atoms with Crippen LogP contribution in [0.15, 0.2) is 6.07 Å². The first-order valence-electron chi connectivity index (χ1n) is 6.59. The van der Waals surface area contributed by atoms with Crippen LogP contribution in [0.2, 0.25) is 0 Å². The Morgan fingerprint density at radius 2 is 1.83 bits per heavy atom. The Bertz CT molecular complexity index is 452. The summed E-state index contributed by atoms with van der Waals surface area (Å²) in [5.41, 5.74) is 1.24. The van der Waals surface area contributed by atoms with Gasteiger partial charge in [0.15, 0.2) is 11.6 Å². The second-order valence-electron chi connectivity index (χ2n) is 5.68. The molecule has 0 aromatic heterocycles. The second kappa shape index (κ2) is 4.87. The predicted octanol–water partition coefficient (Wildman–Crippen LogP) is 4.44. The topological polar surface area (TPSA) is 9.23 Å². The number of fused-ring (bicyclic) bond motifs is 1. The molecular weight excluding hydrogens is 234 g/mol. The van der Waals surface area contributed by atoms with E-state index in [1.807, 2.05) is 27.7 Å². The largest absolute Gasteiger partial charge is 0.487 e. The summed E-state index contributed by atoms with van der Waals surface area (Å²) in [6, 6.07) is 1.76. The van der Waals surface area contributed by atoms with Crippen molar-refractivity contribution in [1.82, 2.24) is 0 Å². The number of hydrogen-bond acceptors (Lipinski definition) is 1. The molecular formula is C15H20F2O. The minimum absolute atomic E-state index is 0.0173. The zero-order valence-electron chi connectivity index (χ0n) is 11.4. The van der Waals surface area contributed by atoms with Crippen molar-refractivity contribution in [3.05, 3.63) is 28.8 Å². The van der Waals surface area contributed by atoms with E-state index in [4.69, 9.17) is 4.74 Å². The number of ether oxygens (including phenoxy) is 1. The molecule has 1 atom stereocenters. The van der Waals surface area contributed by atoms with Gasteiger partial charge in [0.2, 0.25) is 5.82 Å². The minimum atomic E-state index is -0.818. The summed E-state index contributed by atoms with van der Waals surface area (Å²) in [7, 11) is 0. The molecule has 0 saturated carbocycles. The lowest BCUT2D eigenvalue weighted by atomic mass is 9.92. The van der Waals surface area contributed by atoms with E-state index in [2.05, 4.69) is 0 Å². The summed E-state index contributed by atoms with van der Waals surface area (Å²) in [5.74, 6) is -1.16. The third kappa shape index (κ3) is 2.23. The third-order valence-corrected chi connectivity index (χ3v) is 3.60. The fourth-order valence-electron chi connectivity index (χ4n) is 2.39. The van der Waals surface area contributed by atoms with Crippen LogP contribution in [0, 0.1) is 17.6 Å². The highest BCUT2D eigenvalue weighted by molar-refractivity contribution is 5.42. The molecule has 0 bridgehead atoms. The quantitative estimate of drug-likeness (QED) is 0.758. The van der Waals surface area contributed by atoms with E-state index in [0.29, 0.717) is 11.5 Å². The first-order valence-corrected chi connectivity index (χ1v) is 6.59. The van der Waals surface area contributed by atoms with E-state index >= 15 is 0 Å². The molecule has 0 aliphatic carbocycles. The van der Waals surface area contributed by atoms with Crippen LogP contribution in [0.1, 0.15) is 51.2 Å². The van der Waals surface area contributed by atoms with Crippen LogP contribution >= 0.6 is 0 Å². The van der Waals surface area contributed by atoms with Gasteiger partial charge in [0, 0.05) is 0 Å². The van der Waals surface area contributed by atoms with Crippen molar-refractivity contribution in [2.45, 2.75) is 52.6 Å². The summed E-state index contributed by atoms with van der Waals surface area (Å²) < 4.78 is 33.6. The zero-order chi connectivity index (χ0) is 13.4. The summed E-state index contributed by atoms with van der Waals surface area (Å²) in [6.45, 7) is 7.80. The van der Waals surface area contributed by atoms with Crippen molar-refractivity contribution in [3.63, 3.8) is 0 Å². The van der Waals surface area contributed by atoms with Crippen LogP contribution in [0.3, 0.4) is 0 Å². The fourth-order valence-corrected chi connectivity index (χ4v) is 2.39. The van der Waals surface area contributed by atoms with Gasteiger partial charge in [0.05, 0.1) is 0 Å². The fraction of sp³-hybridized carbons (Fsp3) is 0.600. The smallest absolute Gasteiger partial charge is 0.201 e. The van der Waals surface area contributed by atoms with Gasteiger partial charge in [-0.15, -0.1) is 0 Å². The molecule has 1 aliphatic rings. The molecule has 0 saturated heterocycles. The Morgan fingerprint density at radius 1 is 1.17 bits per heavy atom. The average Bonchev–Trinajstić information content (AvgIpc) is 2.32. The first-order chi connectivity index (χ1) is 8.41. The predicted molar refractivity (Wildman–Crippen MR) is 68.0 cm³/mol. The number of aryl methyl sites for hydroxylation is 1.